The zero-order valence-corrected chi connectivity index (χ0v) is 6.37. The summed E-state index contributed by atoms with van der Waals surface area (Å²) in [5.74, 6) is 0. The van der Waals surface area contributed by atoms with Gasteiger partial charge in [-0.2, -0.15) is 4.09 Å². The lowest BCUT2D eigenvalue weighted by atomic mass is 10.4. The second kappa shape index (κ2) is 2.43. The van der Waals surface area contributed by atoms with E-state index in [0.717, 1.165) is 6.20 Å². The summed E-state index contributed by atoms with van der Waals surface area (Å²) in [5, 5.41) is 8.77. The van der Waals surface area contributed by atoms with Crippen molar-refractivity contribution in [2.24, 2.45) is 0 Å². The van der Waals surface area contributed by atoms with E-state index < -0.39 is 11.2 Å². The quantitative estimate of drug-likeness (QED) is 0.545. The number of aromatic nitrogens is 2. The number of aryl methyl sites for hydroxylation is 1. The van der Waals surface area contributed by atoms with Crippen LogP contribution in [0.25, 0.3) is 0 Å². The standard InChI is InChI=1S/C5H5ClN2O3/c1-3-2-7(11)5(10)8(6)4(3)9/h2,11H,1H3. The van der Waals surface area contributed by atoms with Crippen molar-refractivity contribution in [1.82, 2.24) is 8.82 Å². The average Bonchev–Trinajstić information content (AvgIpc) is 1.97. The van der Waals surface area contributed by atoms with E-state index in [4.69, 9.17) is 17.0 Å². The minimum Gasteiger partial charge on any atom is -0.424 e. The van der Waals surface area contributed by atoms with Gasteiger partial charge in [-0.25, -0.2) is 4.79 Å². The van der Waals surface area contributed by atoms with Gasteiger partial charge in [-0.05, 0) is 6.92 Å². The van der Waals surface area contributed by atoms with Crippen LogP contribution in [0.5, 0.6) is 0 Å². The number of halogens is 1. The minimum absolute atomic E-state index is 0.196. The van der Waals surface area contributed by atoms with Gasteiger partial charge < -0.3 is 5.21 Å². The average molecular weight is 177 g/mol. The third-order valence-electron chi connectivity index (χ3n) is 1.20. The molecule has 1 heterocycles. The maximum absolute atomic E-state index is 10.8. The summed E-state index contributed by atoms with van der Waals surface area (Å²) in [7, 11) is 0. The van der Waals surface area contributed by atoms with Crippen LogP contribution in [0.2, 0.25) is 0 Å². The second-order valence-electron chi connectivity index (χ2n) is 2.03. The van der Waals surface area contributed by atoms with Crippen LogP contribution in [-0.4, -0.2) is 14.0 Å². The van der Waals surface area contributed by atoms with Crippen LogP contribution in [-0.2, 0) is 0 Å². The SMILES string of the molecule is Cc1cn(O)c(=O)n(Cl)c1=O. The van der Waals surface area contributed by atoms with Gasteiger partial charge in [0.2, 0.25) is 0 Å². The number of rotatable bonds is 0. The van der Waals surface area contributed by atoms with E-state index in [1.165, 1.54) is 6.92 Å². The summed E-state index contributed by atoms with van der Waals surface area (Å²) in [4.78, 5) is 21.5. The fourth-order valence-electron chi connectivity index (χ4n) is 0.626. The first-order chi connectivity index (χ1) is 5.04. The molecule has 1 rings (SSSR count). The van der Waals surface area contributed by atoms with Crippen molar-refractivity contribution in [3.05, 3.63) is 32.6 Å². The van der Waals surface area contributed by atoms with Gasteiger partial charge in [0.15, 0.2) is 0 Å². The molecule has 0 saturated carbocycles. The first-order valence-electron chi connectivity index (χ1n) is 2.74. The first kappa shape index (κ1) is 7.87. The van der Waals surface area contributed by atoms with Crippen molar-refractivity contribution in [3.8, 4) is 0 Å². The molecular formula is C5H5ClN2O3. The molecule has 1 N–H and O–H groups in total. The molecule has 0 saturated heterocycles. The number of hydrogen-bond acceptors (Lipinski definition) is 3. The molecule has 0 fully saturated rings. The van der Waals surface area contributed by atoms with E-state index in [9.17, 15) is 9.59 Å². The molecule has 1 aromatic heterocycles. The molecule has 0 aliphatic rings. The van der Waals surface area contributed by atoms with Crippen LogP contribution >= 0.6 is 11.8 Å². The molecule has 6 heteroatoms. The maximum atomic E-state index is 10.8. The molecule has 0 aliphatic heterocycles. The van der Waals surface area contributed by atoms with Crippen molar-refractivity contribution in [2.45, 2.75) is 6.92 Å². The number of nitrogens with zero attached hydrogens (tertiary/aromatic N) is 2. The van der Waals surface area contributed by atoms with Crippen molar-refractivity contribution in [1.29, 1.82) is 0 Å². The highest BCUT2D eigenvalue weighted by Crippen LogP contribution is 1.83. The predicted octanol–water partition coefficient (Wildman–Crippen LogP) is -0.442. The van der Waals surface area contributed by atoms with Gasteiger partial charge in [0.25, 0.3) is 5.56 Å². The van der Waals surface area contributed by atoms with E-state index in [1.54, 1.807) is 0 Å². The molecule has 1 aromatic rings. The van der Waals surface area contributed by atoms with E-state index in [1.807, 2.05) is 0 Å². The van der Waals surface area contributed by atoms with Crippen LogP contribution in [0.15, 0.2) is 15.8 Å². The zero-order chi connectivity index (χ0) is 8.59. The molecule has 60 valence electrons. The smallest absolute Gasteiger partial charge is 0.378 e. The lowest BCUT2D eigenvalue weighted by Crippen LogP contribution is -2.35. The molecular weight excluding hydrogens is 172 g/mol. The van der Waals surface area contributed by atoms with Crippen LogP contribution in [0.1, 0.15) is 5.56 Å². The molecule has 0 radical (unpaired) electrons. The molecule has 0 aliphatic carbocycles. The topological polar surface area (TPSA) is 64.2 Å². The summed E-state index contributed by atoms with van der Waals surface area (Å²) < 4.78 is 0.569. The van der Waals surface area contributed by atoms with E-state index in [0.29, 0.717) is 4.09 Å². The van der Waals surface area contributed by atoms with Crippen LogP contribution in [0.3, 0.4) is 0 Å². The maximum Gasteiger partial charge on any atom is 0.378 e. The minimum atomic E-state index is -0.970. The van der Waals surface area contributed by atoms with Crippen molar-refractivity contribution in [2.75, 3.05) is 0 Å². The summed E-state index contributed by atoms with van der Waals surface area (Å²) in [6.07, 6.45) is 1.00. The summed E-state index contributed by atoms with van der Waals surface area (Å²) in [6.45, 7) is 1.44. The lowest BCUT2D eigenvalue weighted by Gasteiger charge is -1.97. The fourth-order valence-corrected chi connectivity index (χ4v) is 0.836. The van der Waals surface area contributed by atoms with Crippen LogP contribution in [0, 0.1) is 6.92 Å². The largest absolute Gasteiger partial charge is 0.424 e. The van der Waals surface area contributed by atoms with Gasteiger partial charge >= 0.3 is 5.69 Å². The fraction of sp³-hybridized carbons (Fsp3) is 0.200. The Morgan fingerprint density at radius 1 is 1.55 bits per heavy atom. The van der Waals surface area contributed by atoms with Crippen LogP contribution in [0.4, 0.5) is 0 Å². The molecule has 0 amide bonds. The van der Waals surface area contributed by atoms with Gasteiger partial charge in [-0.1, -0.05) is 0 Å². The first-order valence-corrected chi connectivity index (χ1v) is 3.08. The number of hydrogen-bond donors (Lipinski definition) is 1. The Balaban J connectivity index is 3.74. The zero-order valence-electron chi connectivity index (χ0n) is 5.61. The Morgan fingerprint density at radius 3 is 2.64 bits per heavy atom. The normalized spacial score (nSPS) is 10.0. The van der Waals surface area contributed by atoms with Gasteiger partial charge in [0.1, 0.15) is 0 Å². The lowest BCUT2D eigenvalue weighted by molar-refractivity contribution is 0.167. The van der Waals surface area contributed by atoms with E-state index in [2.05, 4.69) is 0 Å². The van der Waals surface area contributed by atoms with Crippen LogP contribution < -0.4 is 11.2 Å². The summed E-state index contributed by atoms with van der Waals surface area (Å²) in [5.41, 5.74) is -1.40. The molecule has 0 unspecified atom stereocenters. The predicted molar refractivity (Wildman–Crippen MR) is 38.1 cm³/mol. The van der Waals surface area contributed by atoms with Crippen molar-refractivity contribution in [3.63, 3.8) is 0 Å². The molecule has 0 atom stereocenters. The highest BCUT2D eigenvalue weighted by molar-refractivity contribution is 6.15. The molecule has 11 heavy (non-hydrogen) atoms. The molecule has 0 spiro atoms. The molecule has 5 nitrogen and oxygen atoms in total. The van der Waals surface area contributed by atoms with Crippen molar-refractivity contribution >= 4 is 11.8 Å². The Labute approximate surface area is 66.1 Å². The van der Waals surface area contributed by atoms with Gasteiger partial charge in [-0.3, -0.25) is 4.79 Å². The Morgan fingerprint density at radius 2 is 2.09 bits per heavy atom. The van der Waals surface area contributed by atoms with E-state index in [-0.39, 0.29) is 10.3 Å². The Bertz CT molecular complexity index is 357. The van der Waals surface area contributed by atoms with Gasteiger partial charge in [-0.15, -0.1) is 4.73 Å². The van der Waals surface area contributed by atoms with E-state index >= 15 is 0 Å². The molecule has 0 bridgehead atoms. The highest BCUT2D eigenvalue weighted by atomic mass is 35.5. The Kier molecular flexibility index (Phi) is 1.74. The monoisotopic (exact) mass is 176 g/mol. The van der Waals surface area contributed by atoms with Crippen molar-refractivity contribution < 1.29 is 5.21 Å². The summed E-state index contributed by atoms with van der Waals surface area (Å²) >= 11 is 5.20. The molecule has 0 aromatic carbocycles. The third kappa shape index (κ3) is 1.14. The van der Waals surface area contributed by atoms with Gasteiger partial charge in [0.05, 0.1) is 6.20 Å². The Hall–Kier alpha value is -1.23. The third-order valence-corrected chi connectivity index (χ3v) is 1.49. The summed E-state index contributed by atoms with van der Waals surface area (Å²) in [6, 6.07) is 0. The highest BCUT2D eigenvalue weighted by Gasteiger charge is 2.04. The second-order valence-corrected chi connectivity index (χ2v) is 2.36. The van der Waals surface area contributed by atoms with Gasteiger partial charge in [0, 0.05) is 17.3 Å².